The second-order valence-corrected chi connectivity index (χ2v) is 9.95. The highest BCUT2D eigenvalue weighted by Gasteiger charge is 3.05. The molecular weight excluding hydrogens is 353 g/mol. The molecule has 10 atom stereocenters. The molecule has 1 aliphatic heterocycles. The molecule has 0 aromatic rings. The Hall–Kier alpha value is 1.08. The number of epoxide rings is 1. The molecule has 0 aromatic heterocycles. The first-order chi connectivity index (χ1) is 8.75. The summed E-state index contributed by atoms with van der Waals surface area (Å²) < 4.78 is 4.20. The van der Waals surface area contributed by atoms with Crippen molar-refractivity contribution in [1.82, 2.24) is 0 Å². The SMILES string of the molecule is O=C1[C@@]2(Cl)[C@H]3[C@@H]4C5[C@H]([C@@H]6O[C@@H]64)[C@@H]3[C@](Cl)(C2(Cl)Cl)[C@]15Cl. The number of carbonyl (C=O) groups excluding carboxylic acids is 1. The standard InChI is InChI=1S/C12H7Cl5O2/c13-9-3-1-4-5(2(3)7-6(1)19-7)11(9,15)12(16,17)10(4,14)8(9)18/h1-7H/t1-,2-,3?,4-,5-,6+,7-,9+,10-,11+/m0/s1. The van der Waals surface area contributed by atoms with Crippen LogP contribution in [0.15, 0.2) is 0 Å². The van der Waals surface area contributed by atoms with E-state index in [2.05, 4.69) is 0 Å². The maximum atomic E-state index is 12.8. The third-order valence-corrected chi connectivity index (χ3v) is 10.8. The number of rotatable bonds is 0. The Labute approximate surface area is 134 Å². The number of alkyl halides is 5. The van der Waals surface area contributed by atoms with Crippen molar-refractivity contribution >= 4 is 63.8 Å². The molecule has 6 fully saturated rings. The van der Waals surface area contributed by atoms with Crippen LogP contribution in [-0.2, 0) is 9.53 Å². The van der Waals surface area contributed by atoms with Gasteiger partial charge in [-0.05, 0) is 29.6 Å². The topological polar surface area (TPSA) is 29.6 Å². The number of hydrogen-bond acceptors (Lipinski definition) is 2. The molecule has 0 spiro atoms. The van der Waals surface area contributed by atoms with E-state index in [9.17, 15) is 4.79 Å². The summed E-state index contributed by atoms with van der Waals surface area (Å²) in [6.45, 7) is 0. The van der Waals surface area contributed by atoms with Crippen molar-refractivity contribution in [1.29, 1.82) is 0 Å². The van der Waals surface area contributed by atoms with Crippen LogP contribution in [0.5, 0.6) is 0 Å². The first-order valence-electron chi connectivity index (χ1n) is 6.40. The van der Waals surface area contributed by atoms with Crippen LogP contribution in [-0.4, -0.2) is 36.9 Å². The molecule has 6 bridgehead atoms. The maximum Gasteiger partial charge on any atom is 0.180 e. The number of carbonyl (C=O) groups is 1. The van der Waals surface area contributed by atoms with Gasteiger partial charge >= 0.3 is 0 Å². The van der Waals surface area contributed by atoms with Gasteiger partial charge in [-0.1, -0.05) is 23.2 Å². The number of Topliss-reactive ketones (excluding diaryl/α,β-unsaturated/α-hetero) is 1. The Morgan fingerprint density at radius 3 is 2.05 bits per heavy atom. The molecule has 7 heteroatoms. The van der Waals surface area contributed by atoms with Gasteiger partial charge in [-0.2, -0.15) is 0 Å². The monoisotopic (exact) mass is 358 g/mol. The summed E-state index contributed by atoms with van der Waals surface area (Å²) in [6.07, 6.45) is 0.369. The molecule has 5 aliphatic carbocycles. The lowest BCUT2D eigenvalue weighted by molar-refractivity contribution is -0.130. The van der Waals surface area contributed by atoms with Crippen LogP contribution >= 0.6 is 58.0 Å². The highest BCUT2D eigenvalue weighted by molar-refractivity contribution is 6.69. The van der Waals surface area contributed by atoms with Gasteiger partial charge in [-0.3, -0.25) is 4.79 Å². The van der Waals surface area contributed by atoms with Gasteiger partial charge in [0.15, 0.2) is 10.1 Å². The highest BCUT2D eigenvalue weighted by Crippen LogP contribution is 2.93. The van der Waals surface area contributed by atoms with E-state index in [0.717, 1.165) is 0 Å². The van der Waals surface area contributed by atoms with E-state index >= 15 is 0 Å². The summed E-state index contributed by atoms with van der Waals surface area (Å²) in [5.74, 6) is 0.0702. The van der Waals surface area contributed by atoms with Crippen molar-refractivity contribution in [3.05, 3.63) is 0 Å². The van der Waals surface area contributed by atoms with Gasteiger partial charge in [0.2, 0.25) is 0 Å². The molecule has 0 radical (unpaired) electrons. The molecule has 0 N–H and O–H groups in total. The van der Waals surface area contributed by atoms with E-state index in [1.807, 2.05) is 0 Å². The zero-order chi connectivity index (χ0) is 13.3. The van der Waals surface area contributed by atoms with E-state index in [-0.39, 0.29) is 47.6 Å². The Morgan fingerprint density at radius 1 is 0.842 bits per heavy atom. The second kappa shape index (κ2) is 2.49. The first-order valence-corrected chi connectivity index (χ1v) is 8.29. The predicted octanol–water partition coefficient (Wildman–Crippen LogP) is 2.58. The van der Waals surface area contributed by atoms with Gasteiger partial charge in [-0.15, -0.1) is 34.8 Å². The summed E-state index contributed by atoms with van der Waals surface area (Å²) in [6, 6.07) is 0. The van der Waals surface area contributed by atoms with Crippen LogP contribution in [0.25, 0.3) is 0 Å². The van der Waals surface area contributed by atoms with E-state index in [0.29, 0.717) is 0 Å². The Bertz CT molecular complexity index is 599. The molecule has 1 saturated heterocycles. The van der Waals surface area contributed by atoms with Crippen molar-refractivity contribution in [2.75, 3.05) is 0 Å². The summed E-state index contributed by atoms with van der Waals surface area (Å²) in [5, 5.41) is 0. The quantitative estimate of drug-likeness (QED) is 0.491. The molecule has 1 unspecified atom stereocenters. The molecule has 1 heterocycles. The molecule has 102 valence electrons. The first kappa shape index (κ1) is 11.6. The lowest BCUT2D eigenvalue weighted by Gasteiger charge is -2.49. The number of halogens is 5. The summed E-state index contributed by atoms with van der Waals surface area (Å²) in [5.41, 5.74) is 0. The number of fused-ring (bicyclic) bond motifs is 5. The smallest absolute Gasteiger partial charge is 0.180 e. The van der Waals surface area contributed by atoms with E-state index in [4.69, 9.17) is 62.7 Å². The fourth-order valence-corrected chi connectivity index (χ4v) is 9.68. The van der Waals surface area contributed by atoms with Crippen LogP contribution in [0.2, 0.25) is 0 Å². The average molecular weight is 360 g/mol. The highest BCUT2D eigenvalue weighted by atomic mass is 35.5. The van der Waals surface area contributed by atoms with Crippen LogP contribution in [0, 0.1) is 29.6 Å². The van der Waals surface area contributed by atoms with Crippen LogP contribution in [0.3, 0.4) is 0 Å². The van der Waals surface area contributed by atoms with Gasteiger partial charge in [0.25, 0.3) is 0 Å². The Balaban J connectivity index is 1.78. The lowest BCUT2D eigenvalue weighted by atomic mass is 9.62. The number of ether oxygens (including phenoxy) is 1. The lowest BCUT2D eigenvalue weighted by Crippen LogP contribution is -2.64. The molecule has 0 amide bonds. The van der Waals surface area contributed by atoms with Crippen LogP contribution in [0.1, 0.15) is 0 Å². The molecule has 6 rings (SSSR count). The molecular formula is C12H7Cl5O2. The Kier molecular flexibility index (Phi) is 1.52. The van der Waals surface area contributed by atoms with Crippen molar-refractivity contribution in [2.45, 2.75) is 31.2 Å². The zero-order valence-electron chi connectivity index (χ0n) is 9.25. The van der Waals surface area contributed by atoms with Gasteiger partial charge in [0.05, 0.1) is 12.2 Å². The molecule has 2 nitrogen and oxygen atoms in total. The van der Waals surface area contributed by atoms with E-state index < -0.39 is 19.0 Å². The summed E-state index contributed by atoms with van der Waals surface area (Å²) >= 11 is 33.3. The van der Waals surface area contributed by atoms with Crippen LogP contribution < -0.4 is 0 Å². The minimum atomic E-state index is -1.50. The second-order valence-electron chi connectivity index (χ2n) is 6.84. The minimum absolute atomic E-state index is 0.00406. The third-order valence-electron chi connectivity index (χ3n) is 6.85. The third kappa shape index (κ3) is 0.656. The van der Waals surface area contributed by atoms with E-state index in [1.54, 1.807) is 0 Å². The fourth-order valence-electron chi connectivity index (χ4n) is 6.58. The maximum absolute atomic E-state index is 12.8. The largest absolute Gasteiger partial charge is 0.369 e. The Morgan fingerprint density at radius 2 is 1.42 bits per heavy atom. The number of hydrogen-bond donors (Lipinski definition) is 0. The van der Waals surface area contributed by atoms with Crippen molar-refractivity contribution in [2.24, 2.45) is 29.6 Å². The molecule has 5 saturated carbocycles. The molecule has 0 aromatic carbocycles. The average Bonchev–Trinajstić information content (AvgIpc) is 2.89. The van der Waals surface area contributed by atoms with Crippen molar-refractivity contribution in [3.8, 4) is 0 Å². The normalized spacial score (nSPS) is 79.2. The summed E-state index contributed by atoms with van der Waals surface area (Å²) in [4.78, 5) is 9.09. The fraction of sp³-hybridized carbons (Fsp3) is 0.917. The van der Waals surface area contributed by atoms with Crippen molar-refractivity contribution < 1.29 is 9.53 Å². The van der Waals surface area contributed by atoms with E-state index in [1.165, 1.54) is 0 Å². The van der Waals surface area contributed by atoms with Gasteiger partial charge < -0.3 is 4.74 Å². The summed E-state index contributed by atoms with van der Waals surface area (Å²) in [7, 11) is 0. The molecule has 19 heavy (non-hydrogen) atoms. The van der Waals surface area contributed by atoms with Gasteiger partial charge in [0, 0.05) is 0 Å². The molecule has 6 aliphatic rings. The van der Waals surface area contributed by atoms with Crippen LogP contribution in [0.4, 0.5) is 0 Å². The minimum Gasteiger partial charge on any atom is -0.369 e. The number of ketones is 1. The predicted molar refractivity (Wildman–Crippen MR) is 71.3 cm³/mol. The van der Waals surface area contributed by atoms with Gasteiger partial charge in [0.1, 0.15) is 14.6 Å². The zero-order valence-corrected chi connectivity index (χ0v) is 13.0. The van der Waals surface area contributed by atoms with Crippen molar-refractivity contribution in [3.63, 3.8) is 0 Å². The van der Waals surface area contributed by atoms with Gasteiger partial charge in [-0.25, -0.2) is 0 Å².